The number of hydrogen-bond acceptors (Lipinski definition) is 5. The van der Waals surface area contributed by atoms with Gasteiger partial charge in [-0.05, 0) is 75.2 Å². The van der Waals surface area contributed by atoms with Crippen LogP contribution in [0.1, 0.15) is 60.9 Å². The van der Waals surface area contributed by atoms with Gasteiger partial charge in [-0.2, -0.15) is 5.26 Å². The maximum absolute atomic E-state index is 13.0. The van der Waals surface area contributed by atoms with E-state index in [0.29, 0.717) is 22.4 Å². The molecule has 0 radical (unpaired) electrons. The molecule has 0 spiro atoms. The van der Waals surface area contributed by atoms with Gasteiger partial charge in [0.2, 0.25) is 0 Å². The Morgan fingerprint density at radius 2 is 2.00 bits per heavy atom. The Labute approximate surface area is 176 Å². The summed E-state index contributed by atoms with van der Waals surface area (Å²) in [6, 6.07) is 2.22. The number of fused-ring (bicyclic) bond motifs is 1. The SMILES string of the molecule is N#Cc1c(NC(=O)COC(=O)C23C[C@H]4C[C@@H](CC(Br)(C4)C2)C3)sc2c1CCC2. The van der Waals surface area contributed by atoms with E-state index < -0.39 is 5.41 Å². The number of carbonyl (C=O) groups is 2. The average molecular weight is 463 g/mol. The third kappa shape index (κ3) is 3.00. The highest BCUT2D eigenvalue weighted by molar-refractivity contribution is 9.10. The molecule has 148 valence electrons. The summed E-state index contributed by atoms with van der Waals surface area (Å²) in [7, 11) is 0. The normalized spacial score (nSPS) is 34.7. The molecule has 1 amide bonds. The maximum Gasteiger partial charge on any atom is 0.312 e. The van der Waals surface area contributed by atoms with Gasteiger partial charge in [-0.25, -0.2) is 0 Å². The van der Waals surface area contributed by atoms with Crippen molar-refractivity contribution < 1.29 is 14.3 Å². The zero-order chi connectivity index (χ0) is 19.5. The number of nitrogens with one attached hydrogen (secondary N) is 1. The second-order valence-electron chi connectivity index (χ2n) is 9.19. The molecule has 6 rings (SSSR count). The van der Waals surface area contributed by atoms with E-state index in [1.165, 1.54) is 22.6 Å². The third-order valence-corrected chi connectivity index (χ3v) is 9.18. The summed E-state index contributed by atoms with van der Waals surface area (Å²) in [6.45, 7) is -0.279. The van der Waals surface area contributed by atoms with Crippen molar-refractivity contribution in [2.45, 2.75) is 62.1 Å². The first-order valence-corrected chi connectivity index (χ1v) is 11.7. The van der Waals surface area contributed by atoms with Crippen molar-refractivity contribution in [1.82, 2.24) is 0 Å². The Bertz CT molecular complexity index is 888. The van der Waals surface area contributed by atoms with Crippen molar-refractivity contribution in [2.75, 3.05) is 11.9 Å². The number of thiophene rings is 1. The molecule has 5 nitrogen and oxygen atoms in total. The van der Waals surface area contributed by atoms with Gasteiger partial charge in [-0.15, -0.1) is 11.3 Å². The van der Waals surface area contributed by atoms with E-state index in [2.05, 4.69) is 27.3 Å². The fourth-order valence-electron chi connectivity index (χ4n) is 6.45. The lowest BCUT2D eigenvalue weighted by atomic mass is 9.49. The number of esters is 1. The van der Waals surface area contributed by atoms with Crippen molar-refractivity contribution in [3.05, 3.63) is 16.0 Å². The van der Waals surface area contributed by atoms with Gasteiger partial charge in [0.15, 0.2) is 6.61 Å². The van der Waals surface area contributed by atoms with E-state index in [4.69, 9.17) is 4.74 Å². The van der Waals surface area contributed by atoms with Crippen LogP contribution in [0.2, 0.25) is 0 Å². The van der Waals surface area contributed by atoms with E-state index in [-0.39, 0.29) is 22.8 Å². The summed E-state index contributed by atoms with van der Waals surface area (Å²) in [5.74, 6) is 0.611. The minimum atomic E-state index is -0.421. The number of alkyl halides is 1. The van der Waals surface area contributed by atoms with Gasteiger partial charge in [0, 0.05) is 9.20 Å². The standard InChI is InChI=1S/C21H23BrN2O3S/c22-21-7-12-4-13(8-21)6-20(5-12,11-21)19(26)27-10-17(25)24-18-15(9-23)14-2-1-3-16(14)28-18/h12-13H,1-8,10-11H2,(H,24,25)/t12-,13-,20?,21?/m1/s1. The van der Waals surface area contributed by atoms with Crippen molar-refractivity contribution in [3.8, 4) is 6.07 Å². The molecule has 1 aromatic heterocycles. The summed E-state index contributed by atoms with van der Waals surface area (Å²) in [6.07, 6.45) is 9.09. The number of ether oxygens (including phenoxy) is 1. The molecular weight excluding hydrogens is 440 g/mol. The van der Waals surface area contributed by atoms with Gasteiger partial charge in [0.25, 0.3) is 5.91 Å². The summed E-state index contributed by atoms with van der Waals surface area (Å²) in [4.78, 5) is 26.6. The van der Waals surface area contributed by atoms with Gasteiger partial charge in [-0.3, -0.25) is 9.59 Å². The van der Waals surface area contributed by atoms with Gasteiger partial charge in [0.1, 0.15) is 11.1 Å². The third-order valence-electron chi connectivity index (χ3n) is 7.04. The molecule has 2 atom stereocenters. The van der Waals surface area contributed by atoms with Gasteiger partial charge in [-0.1, -0.05) is 15.9 Å². The Hall–Kier alpha value is -1.39. The van der Waals surface area contributed by atoms with Crippen LogP contribution in [0.5, 0.6) is 0 Å². The van der Waals surface area contributed by atoms with Crippen LogP contribution in [0.4, 0.5) is 5.00 Å². The number of aryl methyl sites for hydroxylation is 1. The number of nitriles is 1. The highest BCUT2D eigenvalue weighted by atomic mass is 79.9. The van der Waals surface area contributed by atoms with E-state index in [9.17, 15) is 14.9 Å². The van der Waals surface area contributed by atoms with Crippen LogP contribution < -0.4 is 5.32 Å². The molecule has 1 N–H and O–H groups in total. The van der Waals surface area contributed by atoms with E-state index in [0.717, 1.165) is 56.9 Å². The van der Waals surface area contributed by atoms with Gasteiger partial charge >= 0.3 is 5.97 Å². The molecule has 5 aliphatic carbocycles. The molecule has 4 fully saturated rings. The van der Waals surface area contributed by atoms with Crippen LogP contribution in [0, 0.1) is 28.6 Å². The Kier molecular flexibility index (Phi) is 4.37. The van der Waals surface area contributed by atoms with Crippen LogP contribution in [0.25, 0.3) is 0 Å². The van der Waals surface area contributed by atoms with E-state index >= 15 is 0 Å². The smallest absolute Gasteiger partial charge is 0.312 e. The average Bonchev–Trinajstić information content (AvgIpc) is 3.18. The molecule has 0 aliphatic heterocycles. The molecule has 0 unspecified atom stereocenters. The summed E-state index contributed by atoms with van der Waals surface area (Å²) in [5.41, 5.74) is 1.24. The largest absolute Gasteiger partial charge is 0.455 e. The molecule has 0 saturated heterocycles. The first kappa shape index (κ1) is 18.6. The van der Waals surface area contributed by atoms with Crippen LogP contribution >= 0.6 is 27.3 Å². The lowest BCUT2D eigenvalue weighted by molar-refractivity contribution is -0.170. The number of carbonyl (C=O) groups excluding carboxylic acids is 2. The molecule has 5 aliphatic rings. The van der Waals surface area contributed by atoms with Gasteiger partial charge < -0.3 is 10.1 Å². The second kappa shape index (κ2) is 6.56. The fraction of sp³-hybridized carbons (Fsp3) is 0.667. The molecule has 0 aromatic carbocycles. The zero-order valence-electron chi connectivity index (χ0n) is 15.7. The van der Waals surface area contributed by atoms with Crippen molar-refractivity contribution in [1.29, 1.82) is 5.26 Å². The number of rotatable bonds is 4. The quantitative estimate of drug-likeness (QED) is 0.533. The molecule has 7 heteroatoms. The first-order chi connectivity index (χ1) is 13.4. The summed E-state index contributed by atoms with van der Waals surface area (Å²) >= 11 is 5.39. The van der Waals surface area contributed by atoms with Crippen molar-refractivity contribution >= 4 is 44.1 Å². The van der Waals surface area contributed by atoms with Crippen LogP contribution in [-0.4, -0.2) is 22.8 Å². The van der Waals surface area contributed by atoms with Crippen molar-refractivity contribution in [2.24, 2.45) is 17.3 Å². The lowest BCUT2D eigenvalue weighted by Gasteiger charge is -2.58. The van der Waals surface area contributed by atoms with Crippen molar-refractivity contribution in [3.63, 3.8) is 0 Å². The number of anilines is 1. The molecule has 1 aromatic rings. The van der Waals surface area contributed by atoms with Gasteiger partial charge in [0.05, 0.1) is 11.0 Å². The molecular formula is C21H23BrN2O3S. The monoisotopic (exact) mass is 462 g/mol. The molecule has 4 bridgehead atoms. The van der Waals surface area contributed by atoms with Crippen LogP contribution in [-0.2, 0) is 27.2 Å². The lowest BCUT2D eigenvalue weighted by Crippen LogP contribution is -2.56. The van der Waals surface area contributed by atoms with Crippen LogP contribution in [0.15, 0.2) is 0 Å². The second-order valence-corrected chi connectivity index (χ2v) is 12.0. The minimum Gasteiger partial charge on any atom is -0.455 e. The Balaban J connectivity index is 1.23. The predicted molar refractivity (Wildman–Crippen MR) is 109 cm³/mol. The molecule has 4 saturated carbocycles. The fourth-order valence-corrected chi connectivity index (χ4v) is 9.16. The molecule has 1 heterocycles. The molecule has 28 heavy (non-hydrogen) atoms. The minimum absolute atomic E-state index is 0.0809. The maximum atomic E-state index is 13.0. The Morgan fingerprint density at radius 1 is 1.25 bits per heavy atom. The highest BCUT2D eigenvalue weighted by Crippen LogP contribution is 2.64. The number of hydrogen-bond donors (Lipinski definition) is 1. The summed E-state index contributed by atoms with van der Waals surface area (Å²) in [5, 5.41) is 12.8. The number of amides is 1. The number of nitrogens with zero attached hydrogens (tertiary/aromatic N) is 1. The first-order valence-electron chi connectivity index (χ1n) is 10.1. The summed E-state index contributed by atoms with van der Waals surface area (Å²) < 4.78 is 5.59. The topological polar surface area (TPSA) is 79.2 Å². The predicted octanol–water partition coefficient (Wildman–Crippen LogP) is 4.32. The van der Waals surface area contributed by atoms with Crippen LogP contribution in [0.3, 0.4) is 0 Å². The number of halogens is 1. The highest BCUT2D eigenvalue weighted by Gasteiger charge is 2.60. The zero-order valence-corrected chi connectivity index (χ0v) is 18.1. The van der Waals surface area contributed by atoms with E-state index in [1.54, 1.807) is 0 Å². The Morgan fingerprint density at radius 3 is 2.68 bits per heavy atom. The van der Waals surface area contributed by atoms with E-state index in [1.807, 2.05) is 0 Å².